The van der Waals surface area contributed by atoms with E-state index in [0.29, 0.717) is 23.7 Å². The number of benzene rings is 1. The van der Waals surface area contributed by atoms with Crippen LogP contribution in [0.25, 0.3) is 0 Å². The molecule has 1 heterocycles. The Morgan fingerprint density at radius 1 is 1.33 bits per heavy atom. The van der Waals surface area contributed by atoms with E-state index in [2.05, 4.69) is 10.6 Å². The summed E-state index contributed by atoms with van der Waals surface area (Å²) >= 11 is 5.82. The van der Waals surface area contributed by atoms with Crippen molar-refractivity contribution in [2.24, 2.45) is 5.41 Å². The molecule has 1 aromatic carbocycles. The third kappa shape index (κ3) is 5.15. The molecular formula is C15H22Cl2N2O2. The van der Waals surface area contributed by atoms with Gasteiger partial charge >= 0.3 is 0 Å². The molecule has 1 aliphatic rings. The van der Waals surface area contributed by atoms with Crippen LogP contribution < -0.4 is 10.6 Å². The minimum Gasteiger partial charge on any atom is -0.384 e. The predicted molar refractivity (Wildman–Crippen MR) is 87.4 cm³/mol. The molecule has 0 saturated carbocycles. The van der Waals surface area contributed by atoms with Gasteiger partial charge in [0.1, 0.15) is 0 Å². The summed E-state index contributed by atoms with van der Waals surface area (Å²) in [6, 6.07) is 6.93. The molecule has 0 atom stereocenters. The summed E-state index contributed by atoms with van der Waals surface area (Å²) in [4.78, 5) is 12.1. The summed E-state index contributed by atoms with van der Waals surface area (Å²) in [6.45, 7) is 3.26. The van der Waals surface area contributed by atoms with Gasteiger partial charge in [0.15, 0.2) is 0 Å². The largest absolute Gasteiger partial charge is 0.384 e. The molecule has 1 saturated heterocycles. The summed E-state index contributed by atoms with van der Waals surface area (Å²) in [7, 11) is 1.71. The Morgan fingerprint density at radius 3 is 2.52 bits per heavy atom. The first kappa shape index (κ1) is 18.2. The van der Waals surface area contributed by atoms with Gasteiger partial charge in [-0.3, -0.25) is 4.79 Å². The fourth-order valence-corrected chi connectivity index (χ4v) is 2.73. The number of carbonyl (C=O) groups excluding carboxylic acids is 1. The fourth-order valence-electron chi connectivity index (χ4n) is 2.61. The van der Waals surface area contributed by atoms with Crippen LogP contribution in [-0.2, 0) is 4.74 Å². The van der Waals surface area contributed by atoms with Gasteiger partial charge in [-0.25, -0.2) is 0 Å². The third-order valence-corrected chi connectivity index (χ3v) is 4.10. The summed E-state index contributed by atoms with van der Waals surface area (Å²) in [5.41, 5.74) is 0.679. The number of halogens is 2. The van der Waals surface area contributed by atoms with Crippen molar-refractivity contribution < 1.29 is 9.53 Å². The predicted octanol–water partition coefficient (Wildman–Crippen LogP) is 2.51. The van der Waals surface area contributed by atoms with Crippen LogP contribution in [0.4, 0.5) is 0 Å². The Balaban J connectivity index is 0.00000220. The Hall–Kier alpha value is -0.810. The van der Waals surface area contributed by atoms with Gasteiger partial charge in [0, 0.05) is 29.7 Å². The number of hydrogen-bond acceptors (Lipinski definition) is 3. The van der Waals surface area contributed by atoms with Crippen LogP contribution in [0.15, 0.2) is 24.3 Å². The maximum absolute atomic E-state index is 12.1. The van der Waals surface area contributed by atoms with Gasteiger partial charge in [0.05, 0.1) is 6.61 Å². The first-order valence-corrected chi connectivity index (χ1v) is 7.26. The van der Waals surface area contributed by atoms with Gasteiger partial charge in [-0.2, -0.15) is 0 Å². The third-order valence-electron chi connectivity index (χ3n) is 3.85. The van der Waals surface area contributed by atoms with Crippen molar-refractivity contribution in [1.29, 1.82) is 0 Å². The Labute approximate surface area is 137 Å². The second-order valence-corrected chi connectivity index (χ2v) is 5.81. The topological polar surface area (TPSA) is 50.4 Å². The molecule has 2 N–H and O–H groups in total. The van der Waals surface area contributed by atoms with Crippen LogP contribution in [0, 0.1) is 5.41 Å². The number of carbonyl (C=O) groups is 1. The number of hydrogen-bond donors (Lipinski definition) is 2. The van der Waals surface area contributed by atoms with Gasteiger partial charge in [-0.1, -0.05) is 11.6 Å². The molecule has 1 fully saturated rings. The number of amides is 1. The highest BCUT2D eigenvalue weighted by atomic mass is 35.5. The van der Waals surface area contributed by atoms with E-state index in [1.54, 1.807) is 31.4 Å². The minimum absolute atomic E-state index is 0. The van der Waals surface area contributed by atoms with Crippen LogP contribution in [0.2, 0.25) is 5.02 Å². The summed E-state index contributed by atoms with van der Waals surface area (Å²) in [5, 5.41) is 7.00. The van der Waals surface area contributed by atoms with E-state index < -0.39 is 0 Å². The summed E-state index contributed by atoms with van der Waals surface area (Å²) in [5.74, 6) is -0.0596. The molecule has 0 aromatic heterocycles. The Bertz CT molecular complexity index is 440. The van der Waals surface area contributed by atoms with Crippen molar-refractivity contribution in [3.63, 3.8) is 0 Å². The molecule has 4 nitrogen and oxygen atoms in total. The molecule has 0 bridgehead atoms. The lowest BCUT2D eigenvalue weighted by molar-refractivity contribution is 0.0512. The molecule has 118 valence electrons. The van der Waals surface area contributed by atoms with Crippen LogP contribution in [0.1, 0.15) is 23.2 Å². The molecule has 21 heavy (non-hydrogen) atoms. The molecule has 2 rings (SSSR count). The molecule has 0 unspecified atom stereocenters. The zero-order chi connectivity index (χ0) is 14.4. The van der Waals surface area contributed by atoms with Gasteiger partial charge in [0.2, 0.25) is 0 Å². The standard InChI is InChI=1S/C15H21ClN2O2.ClH/c1-20-11-15(6-8-17-9-7-15)10-18-14(19)12-2-4-13(16)5-3-12;/h2-5,17H,6-11H2,1H3,(H,18,19);1H. The highest BCUT2D eigenvalue weighted by Crippen LogP contribution is 2.28. The molecule has 1 aromatic rings. The molecule has 1 aliphatic heterocycles. The normalized spacial score (nSPS) is 16.9. The summed E-state index contributed by atoms with van der Waals surface area (Å²) < 4.78 is 5.34. The zero-order valence-corrected chi connectivity index (χ0v) is 13.7. The second kappa shape index (κ2) is 8.59. The molecule has 6 heteroatoms. The minimum atomic E-state index is -0.0596. The maximum atomic E-state index is 12.1. The van der Waals surface area contributed by atoms with Gasteiger partial charge in [0.25, 0.3) is 5.91 Å². The van der Waals surface area contributed by atoms with Crippen molar-refractivity contribution >= 4 is 29.9 Å². The van der Waals surface area contributed by atoms with Crippen LogP contribution in [0.5, 0.6) is 0 Å². The molecule has 0 radical (unpaired) electrons. The number of rotatable bonds is 5. The van der Waals surface area contributed by atoms with Crippen LogP contribution >= 0.6 is 24.0 Å². The number of nitrogens with one attached hydrogen (secondary N) is 2. The second-order valence-electron chi connectivity index (χ2n) is 5.37. The first-order chi connectivity index (χ1) is 9.65. The first-order valence-electron chi connectivity index (χ1n) is 6.89. The summed E-state index contributed by atoms with van der Waals surface area (Å²) in [6.07, 6.45) is 2.03. The van der Waals surface area contributed by atoms with E-state index in [0.717, 1.165) is 25.9 Å². The number of ether oxygens (including phenoxy) is 1. The van der Waals surface area contributed by atoms with Gasteiger partial charge in [-0.05, 0) is 50.2 Å². The van der Waals surface area contributed by atoms with Crippen molar-refractivity contribution in [1.82, 2.24) is 10.6 Å². The molecule has 0 aliphatic carbocycles. The van der Waals surface area contributed by atoms with Gasteiger partial charge < -0.3 is 15.4 Å². The van der Waals surface area contributed by atoms with E-state index in [9.17, 15) is 4.79 Å². The van der Waals surface area contributed by atoms with Crippen molar-refractivity contribution in [3.05, 3.63) is 34.9 Å². The van der Waals surface area contributed by atoms with E-state index in [4.69, 9.17) is 16.3 Å². The maximum Gasteiger partial charge on any atom is 0.251 e. The fraction of sp³-hybridized carbons (Fsp3) is 0.533. The van der Waals surface area contributed by atoms with Crippen molar-refractivity contribution in [3.8, 4) is 0 Å². The molecule has 1 amide bonds. The lowest BCUT2D eigenvalue weighted by atomic mass is 9.79. The lowest BCUT2D eigenvalue weighted by Crippen LogP contribution is -2.47. The lowest BCUT2D eigenvalue weighted by Gasteiger charge is -2.37. The quantitative estimate of drug-likeness (QED) is 0.871. The van der Waals surface area contributed by atoms with E-state index in [1.165, 1.54) is 0 Å². The molecule has 0 spiro atoms. The van der Waals surface area contributed by atoms with Crippen molar-refractivity contribution in [2.45, 2.75) is 12.8 Å². The zero-order valence-electron chi connectivity index (χ0n) is 12.2. The molecular weight excluding hydrogens is 311 g/mol. The Morgan fingerprint density at radius 2 is 1.95 bits per heavy atom. The van der Waals surface area contributed by atoms with Crippen LogP contribution in [0.3, 0.4) is 0 Å². The highest BCUT2D eigenvalue weighted by molar-refractivity contribution is 6.30. The smallest absolute Gasteiger partial charge is 0.251 e. The van der Waals surface area contributed by atoms with Gasteiger partial charge in [-0.15, -0.1) is 12.4 Å². The van der Waals surface area contributed by atoms with Crippen molar-refractivity contribution in [2.75, 3.05) is 33.4 Å². The van der Waals surface area contributed by atoms with E-state index in [-0.39, 0.29) is 23.7 Å². The number of methoxy groups -OCH3 is 1. The average Bonchev–Trinajstić information content (AvgIpc) is 2.47. The average molecular weight is 333 g/mol. The van der Waals surface area contributed by atoms with Crippen LogP contribution in [-0.4, -0.2) is 39.3 Å². The Kier molecular flexibility index (Phi) is 7.46. The number of piperidine rings is 1. The monoisotopic (exact) mass is 332 g/mol. The van der Waals surface area contributed by atoms with E-state index >= 15 is 0 Å². The highest BCUT2D eigenvalue weighted by Gasteiger charge is 2.32. The SMILES string of the molecule is COCC1(CNC(=O)c2ccc(Cl)cc2)CCNCC1.Cl. The van der Waals surface area contributed by atoms with E-state index in [1.807, 2.05) is 0 Å².